The van der Waals surface area contributed by atoms with Gasteiger partial charge in [-0.25, -0.2) is 4.68 Å². The van der Waals surface area contributed by atoms with Crippen LogP contribution in [0, 0.1) is 6.92 Å². The Morgan fingerprint density at radius 2 is 1.96 bits per heavy atom. The smallest absolute Gasteiger partial charge is 0.128 e. The maximum absolute atomic E-state index is 10.1. The second kappa shape index (κ2) is 8.80. The van der Waals surface area contributed by atoms with E-state index in [1.165, 1.54) is 0 Å². The van der Waals surface area contributed by atoms with Crippen LogP contribution in [-0.2, 0) is 6.54 Å². The molecule has 0 spiro atoms. The normalized spacial score (nSPS) is 11.3. The standard InChI is InChI=1S/C22H22BrN3O2/c1-15(18-9-5-6-10-20(18)27)12-22(26-16(2)19(23)14-25-26)24-13-17-8-4-7-11-21(17)28-3/h4-12,14,24,27H,1,13H2,2-3H3/b22-12-. The SMILES string of the molecule is C=C(/C=C(/NCc1ccccc1OC)n1ncc(Br)c1C)c1ccccc1O. The number of benzene rings is 2. The first-order chi connectivity index (χ1) is 13.5. The first kappa shape index (κ1) is 19.8. The Hall–Kier alpha value is -2.99. The van der Waals surface area contributed by atoms with Gasteiger partial charge in [-0.3, -0.25) is 0 Å². The predicted molar refractivity (Wildman–Crippen MR) is 116 cm³/mol. The number of rotatable bonds is 7. The summed E-state index contributed by atoms with van der Waals surface area (Å²) in [6.45, 7) is 6.64. The Balaban J connectivity index is 1.95. The molecule has 2 aromatic carbocycles. The molecule has 6 heteroatoms. The van der Waals surface area contributed by atoms with Crippen LogP contribution in [0.1, 0.15) is 16.8 Å². The van der Waals surface area contributed by atoms with Gasteiger partial charge in [-0.2, -0.15) is 5.10 Å². The summed E-state index contributed by atoms with van der Waals surface area (Å²) in [4.78, 5) is 0. The largest absolute Gasteiger partial charge is 0.507 e. The first-order valence-electron chi connectivity index (χ1n) is 8.76. The van der Waals surface area contributed by atoms with E-state index in [2.05, 4.69) is 32.9 Å². The van der Waals surface area contributed by atoms with Gasteiger partial charge in [-0.15, -0.1) is 0 Å². The zero-order chi connectivity index (χ0) is 20.1. The van der Waals surface area contributed by atoms with Gasteiger partial charge in [0.15, 0.2) is 0 Å². The highest BCUT2D eigenvalue weighted by Gasteiger charge is 2.12. The van der Waals surface area contributed by atoms with Crippen LogP contribution in [0.3, 0.4) is 0 Å². The third-order valence-corrected chi connectivity index (χ3v) is 5.17. The van der Waals surface area contributed by atoms with Gasteiger partial charge in [0.2, 0.25) is 0 Å². The summed E-state index contributed by atoms with van der Waals surface area (Å²) in [5.74, 6) is 1.74. The zero-order valence-corrected chi connectivity index (χ0v) is 17.4. The van der Waals surface area contributed by atoms with Crippen molar-refractivity contribution in [1.82, 2.24) is 15.1 Å². The molecule has 3 rings (SSSR count). The maximum atomic E-state index is 10.1. The number of phenols is 1. The molecule has 0 fully saturated rings. The fraction of sp³-hybridized carbons (Fsp3) is 0.136. The molecule has 0 aliphatic carbocycles. The number of phenolic OH excluding ortho intramolecular Hbond substituents is 1. The van der Waals surface area contributed by atoms with Gasteiger partial charge in [-0.1, -0.05) is 43.0 Å². The lowest BCUT2D eigenvalue weighted by molar-refractivity contribution is 0.409. The Kier molecular flexibility index (Phi) is 6.21. The summed E-state index contributed by atoms with van der Waals surface area (Å²) < 4.78 is 8.14. The molecule has 0 aliphatic rings. The van der Waals surface area contributed by atoms with Crippen molar-refractivity contribution < 1.29 is 9.84 Å². The topological polar surface area (TPSA) is 59.3 Å². The first-order valence-corrected chi connectivity index (χ1v) is 9.55. The quantitative estimate of drug-likeness (QED) is 0.510. The van der Waals surface area contributed by atoms with E-state index < -0.39 is 0 Å². The number of methoxy groups -OCH3 is 1. The van der Waals surface area contributed by atoms with Crippen molar-refractivity contribution in [3.8, 4) is 11.5 Å². The second-order valence-electron chi connectivity index (χ2n) is 6.23. The van der Waals surface area contributed by atoms with E-state index in [1.54, 1.807) is 30.1 Å². The summed E-state index contributed by atoms with van der Waals surface area (Å²) in [5.41, 5.74) is 3.31. The number of nitrogens with zero attached hydrogens (tertiary/aromatic N) is 2. The average Bonchev–Trinajstić information content (AvgIpc) is 3.04. The van der Waals surface area contributed by atoms with E-state index in [-0.39, 0.29) is 5.75 Å². The lowest BCUT2D eigenvalue weighted by atomic mass is 10.1. The van der Waals surface area contributed by atoms with Gasteiger partial charge in [0.05, 0.1) is 23.5 Å². The molecule has 144 valence electrons. The number of para-hydroxylation sites is 2. The highest BCUT2D eigenvalue weighted by molar-refractivity contribution is 9.10. The summed E-state index contributed by atoms with van der Waals surface area (Å²) in [6.07, 6.45) is 3.62. The zero-order valence-electron chi connectivity index (χ0n) is 15.8. The predicted octanol–water partition coefficient (Wildman–Crippen LogP) is 4.97. The van der Waals surface area contributed by atoms with Crippen LogP contribution in [0.15, 0.2) is 71.9 Å². The Morgan fingerprint density at radius 3 is 2.64 bits per heavy atom. The van der Waals surface area contributed by atoms with E-state index in [0.717, 1.165) is 27.3 Å². The third-order valence-electron chi connectivity index (χ3n) is 4.39. The molecule has 0 atom stereocenters. The molecule has 0 amide bonds. The van der Waals surface area contributed by atoms with Crippen LogP contribution >= 0.6 is 15.9 Å². The van der Waals surface area contributed by atoms with Gasteiger partial charge in [-0.05, 0) is 46.6 Å². The van der Waals surface area contributed by atoms with Gasteiger partial charge < -0.3 is 15.2 Å². The van der Waals surface area contributed by atoms with Crippen LogP contribution < -0.4 is 10.1 Å². The summed E-state index contributed by atoms with van der Waals surface area (Å²) >= 11 is 3.51. The fourth-order valence-electron chi connectivity index (χ4n) is 2.84. The van der Waals surface area contributed by atoms with Crippen molar-refractivity contribution in [2.75, 3.05) is 7.11 Å². The molecular formula is C22H22BrN3O2. The molecular weight excluding hydrogens is 418 g/mol. The van der Waals surface area contributed by atoms with E-state index >= 15 is 0 Å². The molecule has 1 heterocycles. The number of halogens is 1. The number of hydrogen-bond acceptors (Lipinski definition) is 4. The van der Waals surface area contributed by atoms with Crippen molar-refractivity contribution in [2.24, 2.45) is 0 Å². The van der Waals surface area contributed by atoms with Crippen LogP contribution in [-0.4, -0.2) is 22.0 Å². The Bertz CT molecular complexity index is 1020. The summed E-state index contributed by atoms with van der Waals surface area (Å²) in [6, 6.07) is 15.0. The highest BCUT2D eigenvalue weighted by atomic mass is 79.9. The highest BCUT2D eigenvalue weighted by Crippen LogP contribution is 2.27. The van der Waals surface area contributed by atoms with E-state index in [1.807, 2.05) is 49.4 Å². The molecule has 5 nitrogen and oxygen atoms in total. The van der Waals surface area contributed by atoms with E-state index in [0.29, 0.717) is 17.7 Å². The molecule has 0 saturated carbocycles. The van der Waals surface area contributed by atoms with Crippen LogP contribution in [0.5, 0.6) is 11.5 Å². The summed E-state index contributed by atoms with van der Waals surface area (Å²) in [7, 11) is 1.66. The van der Waals surface area contributed by atoms with E-state index in [9.17, 15) is 5.11 Å². The van der Waals surface area contributed by atoms with Gasteiger partial charge in [0.1, 0.15) is 17.3 Å². The molecule has 0 radical (unpaired) electrons. The Labute approximate surface area is 173 Å². The Morgan fingerprint density at radius 1 is 1.25 bits per heavy atom. The maximum Gasteiger partial charge on any atom is 0.128 e. The van der Waals surface area contributed by atoms with Crippen LogP contribution in [0.25, 0.3) is 11.4 Å². The molecule has 0 aliphatic heterocycles. The monoisotopic (exact) mass is 439 g/mol. The molecule has 28 heavy (non-hydrogen) atoms. The van der Waals surface area contributed by atoms with Crippen molar-refractivity contribution in [1.29, 1.82) is 0 Å². The molecule has 3 aromatic rings. The molecule has 0 bridgehead atoms. The number of aromatic nitrogens is 2. The minimum atomic E-state index is 0.186. The van der Waals surface area contributed by atoms with Crippen molar-refractivity contribution in [3.63, 3.8) is 0 Å². The molecule has 1 aromatic heterocycles. The van der Waals surface area contributed by atoms with Crippen molar-refractivity contribution >= 4 is 27.3 Å². The van der Waals surface area contributed by atoms with Gasteiger partial charge in [0.25, 0.3) is 0 Å². The molecule has 0 unspecified atom stereocenters. The lowest BCUT2D eigenvalue weighted by Crippen LogP contribution is -2.19. The number of allylic oxidation sites excluding steroid dienone is 2. The van der Waals surface area contributed by atoms with Gasteiger partial charge in [0, 0.05) is 17.7 Å². The minimum absolute atomic E-state index is 0.186. The van der Waals surface area contributed by atoms with Crippen molar-refractivity contribution in [3.05, 3.63) is 88.7 Å². The number of ether oxygens (including phenoxy) is 1. The van der Waals surface area contributed by atoms with Gasteiger partial charge >= 0.3 is 0 Å². The van der Waals surface area contributed by atoms with Crippen LogP contribution in [0.4, 0.5) is 0 Å². The van der Waals surface area contributed by atoms with E-state index in [4.69, 9.17) is 4.74 Å². The number of hydrogen-bond donors (Lipinski definition) is 2. The average molecular weight is 440 g/mol. The number of nitrogens with one attached hydrogen (secondary N) is 1. The fourth-order valence-corrected chi connectivity index (χ4v) is 3.10. The molecule has 0 saturated heterocycles. The summed E-state index contributed by atoms with van der Waals surface area (Å²) in [5, 5.41) is 18.0. The second-order valence-corrected chi connectivity index (χ2v) is 7.08. The number of aromatic hydroxyl groups is 1. The molecule has 2 N–H and O–H groups in total. The lowest BCUT2D eigenvalue weighted by Gasteiger charge is -2.16. The van der Waals surface area contributed by atoms with Crippen LogP contribution in [0.2, 0.25) is 0 Å². The minimum Gasteiger partial charge on any atom is -0.507 e. The third kappa shape index (κ3) is 4.28. The van der Waals surface area contributed by atoms with Crippen molar-refractivity contribution in [2.45, 2.75) is 13.5 Å².